The predicted octanol–water partition coefficient (Wildman–Crippen LogP) is 2.24. The number of nitrogens with one attached hydrogen (secondary N) is 1. The summed E-state index contributed by atoms with van der Waals surface area (Å²) < 4.78 is 5.17. The van der Waals surface area contributed by atoms with Crippen molar-refractivity contribution in [3.8, 4) is 0 Å². The molecule has 1 aliphatic carbocycles. The molecule has 0 aliphatic heterocycles. The monoisotopic (exact) mass is 264 g/mol. The van der Waals surface area contributed by atoms with E-state index in [4.69, 9.17) is 10.5 Å². The highest BCUT2D eigenvalue weighted by Crippen LogP contribution is 2.48. The molecule has 19 heavy (non-hydrogen) atoms. The first-order chi connectivity index (χ1) is 9.17. The van der Waals surface area contributed by atoms with Crippen LogP contribution >= 0.6 is 0 Å². The maximum atomic E-state index is 5.81. The van der Waals surface area contributed by atoms with Gasteiger partial charge in [-0.2, -0.15) is 0 Å². The molecule has 0 saturated heterocycles. The number of anilines is 2. The van der Waals surface area contributed by atoms with Gasteiger partial charge in [-0.15, -0.1) is 0 Å². The number of aromatic nitrogens is 2. The number of rotatable bonds is 8. The first-order valence-corrected chi connectivity index (χ1v) is 7.04. The Morgan fingerprint density at radius 1 is 1.42 bits per heavy atom. The molecular weight excluding hydrogens is 240 g/mol. The molecule has 1 aromatic heterocycles. The molecule has 5 nitrogen and oxygen atoms in total. The van der Waals surface area contributed by atoms with Gasteiger partial charge in [0.05, 0.1) is 0 Å². The lowest BCUT2D eigenvalue weighted by atomic mass is 10.0. The van der Waals surface area contributed by atoms with E-state index in [1.807, 2.05) is 6.07 Å². The van der Waals surface area contributed by atoms with Gasteiger partial charge in [0, 0.05) is 32.7 Å². The number of hydrogen-bond acceptors (Lipinski definition) is 5. The Hall–Kier alpha value is -1.36. The first kappa shape index (κ1) is 14.1. The van der Waals surface area contributed by atoms with E-state index in [-0.39, 0.29) is 0 Å². The Morgan fingerprint density at radius 3 is 2.84 bits per heavy atom. The van der Waals surface area contributed by atoms with Crippen LogP contribution in [0.2, 0.25) is 0 Å². The van der Waals surface area contributed by atoms with Gasteiger partial charge in [-0.05, 0) is 31.1 Å². The Kier molecular flexibility index (Phi) is 4.58. The molecule has 3 N–H and O–H groups in total. The van der Waals surface area contributed by atoms with E-state index in [9.17, 15) is 0 Å². The molecule has 0 atom stereocenters. The van der Waals surface area contributed by atoms with Crippen molar-refractivity contribution in [3.63, 3.8) is 0 Å². The summed E-state index contributed by atoms with van der Waals surface area (Å²) in [6.07, 6.45) is 5.55. The summed E-state index contributed by atoms with van der Waals surface area (Å²) in [6, 6.07) is 1.81. The number of methoxy groups -OCH3 is 1. The normalized spacial score (nSPS) is 16.3. The summed E-state index contributed by atoms with van der Waals surface area (Å²) in [5.41, 5.74) is 6.22. The van der Waals surface area contributed by atoms with Crippen LogP contribution in [0.4, 0.5) is 11.6 Å². The van der Waals surface area contributed by atoms with Crippen LogP contribution in [0.25, 0.3) is 0 Å². The van der Waals surface area contributed by atoms with Gasteiger partial charge in [-0.25, -0.2) is 9.97 Å². The van der Waals surface area contributed by atoms with Crippen molar-refractivity contribution in [3.05, 3.63) is 11.9 Å². The third kappa shape index (κ3) is 4.06. The van der Waals surface area contributed by atoms with Crippen LogP contribution in [0, 0.1) is 5.41 Å². The fourth-order valence-electron chi connectivity index (χ4n) is 2.23. The molecule has 0 bridgehead atoms. The van der Waals surface area contributed by atoms with Crippen molar-refractivity contribution in [2.45, 2.75) is 39.0 Å². The fourth-order valence-corrected chi connectivity index (χ4v) is 2.23. The topological polar surface area (TPSA) is 73.1 Å². The summed E-state index contributed by atoms with van der Waals surface area (Å²) in [5.74, 6) is 2.22. The van der Waals surface area contributed by atoms with Gasteiger partial charge in [0.2, 0.25) is 0 Å². The zero-order chi connectivity index (χ0) is 13.7. The van der Waals surface area contributed by atoms with Crippen molar-refractivity contribution in [2.24, 2.45) is 5.41 Å². The number of ether oxygens (including phenoxy) is 1. The van der Waals surface area contributed by atoms with Crippen LogP contribution in [-0.4, -0.2) is 30.2 Å². The van der Waals surface area contributed by atoms with E-state index in [0.717, 1.165) is 44.1 Å². The van der Waals surface area contributed by atoms with Gasteiger partial charge in [-0.3, -0.25) is 0 Å². The quantitative estimate of drug-likeness (QED) is 0.753. The van der Waals surface area contributed by atoms with E-state index in [1.54, 1.807) is 7.11 Å². The lowest BCUT2D eigenvalue weighted by Gasteiger charge is -2.16. The Morgan fingerprint density at radius 2 is 2.21 bits per heavy atom. The number of hydrogen-bond donors (Lipinski definition) is 2. The summed E-state index contributed by atoms with van der Waals surface area (Å²) in [4.78, 5) is 8.74. The highest BCUT2D eigenvalue weighted by molar-refractivity contribution is 5.45. The van der Waals surface area contributed by atoms with Gasteiger partial charge in [0.1, 0.15) is 17.5 Å². The number of nitrogens with zero attached hydrogens (tertiary/aromatic N) is 2. The average molecular weight is 264 g/mol. The van der Waals surface area contributed by atoms with E-state index < -0.39 is 0 Å². The molecule has 1 fully saturated rings. The molecular formula is C14H24N4O. The number of aryl methyl sites for hydroxylation is 1. The van der Waals surface area contributed by atoms with Gasteiger partial charge in [0.25, 0.3) is 0 Å². The Balaban J connectivity index is 1.92. The van der Waals surface area contributed by atoms with Gasteiger partial charge < -0.3 is 15.8 Å². The molecule has 2 rings (SSSR count). The van der Waals surface area contributed by atoms with E-state index in [1.165, 1.54) is 12.8 Å². The van der Waals surface area contributed by atoms with Gasteiger partial charge >= 0.3 is 0 Å². The van der Waals surface area contributed by atoms with Crippen LogP contribution in [0.3, 0.4) is 0 Å². The predicted molar refractivity (Wildman–Crippen MR) is 77.1 cm³/mol. The summed E-state index contributed by atoms with van der Waals surface area (Å²) >= 11 is 0. The van der Waals surface area contributed by atoms with Crippen molar-refractivity contribution in [1.82, 2.24) is 9.97 Å². The Labute approximate surface area is 115 Å². The lowest BCUT2D eigenvalue weighted by molar-refractivity contribution is 0.175. The maximum absolute atomic E-state index is 5.81. The average Bonchev–Trinajstić information content (AvgIpc) is 3.15. The molecule has 1 heterocycles. The third-order valence-corrected chi connectivity index (χ3v) is 3.70. The highest BCUT2D eigenvalue weighted by Gasteiger charge is 2.41. The minimum absolute atomic E-state index is 0.403. The second-order valence-corrected chi connectivity index (χ2v) is 5.44. The molecule has 0 radical (unpaired) electrons. The molecule has 1 aromatic rings. The molecule has 1 saturated carbocycles. The zero-order valence-electron chi connectivity index (χ0n) is 11.9. The molecule has 5 heteroatoms. The smallest absolute Gasteiger partial charge is 0.133 e. The van der Waals surface area contributed by atoms with Crippen molar-refractivity contribution in [2.75, 3.05) is 31.3 Å². The third-order valence-electron chi connectivity index (χ3n) is 3.70. The standard InChI is InChI=1S/C14H24N4O/c1-3-4-12-17-11(15)9-13(18-12)16-10-14(5-6-14)7-8-19-2/h9H,3-8,10H2,1-2H3,(H3,15,16,17,18). The minimum atomic E-state index is 0.403. The summed E-state index contributed by atoms with van der Waals surface area (Å²) in [7, 11) is 1.76. The SMILES string of the molecule is CCCc1nc(N)cc(NCC2(CCOC)CC2)n1. The Bertz CT molecular complexity index is 418. The van der Waals surface area contributed by atoms with Crippen molar-refractivity contribution < 1.29 is 4.74 Å². The zero-order valence-corrected chi connectivity index (χ0v) is 11.9. The van der Waals surface area contributed by atoms with E-state index in [0.29, 0.717) is 11.2 Å². The molecule has 0 amide bonds. The number of nitrogens with two attached hydrogens (primary N) is 1. The second kappa shape index (κ2) is 6.19. The summed E-state index contributed by atoms with van der Waals surface area (Å²) in [6.45, 7) is 3.89. The largest absolute Gasteiger partial charge is 0.385 e. The van der Waals surface area contributed by atoms with Crippen molar-refractivity contribution in [1.29, 1.82) is 0 Å². The second-order valence-electron chi connectivity index (χ2n) is 5.44. The molecule has 0 spiro atoms. The maximum Gasteiger partial charge on any atom is 0.133 e. The van der Waals surface area contributed by atoms with Crippen LogP contribution in [0.5, 0.6) is 0 Å². The van der Waals surface area contributed by atoms with Crippen LogP contribution in [0.1, 0.15) is 38.4 Å². The van der Waals surface area contributed by atoms with Crippen LogP contribution < -0.4 is 11.1 Å². The molecule has 1 aliphatic rings. The lowest BCUT2D eigenvalue weighted by Crippen LogP contribution is -2.18. The summed E-state index contributed by atoms with van der Waals surface area (Å²) in [5, 5.41) is 3.41. The van der Waals surface area contributed by atoms with Crippen molar-refractivity contribution >= 4 is 11.6 Å². The molecule has 0 unspecified atom stereocenters. The van der Waals surface area contributed by atoms with Gasteiger partial charge in [0.15, 0.2) is 0 Å². The first-order valence-electron chi connectivity index (χ1n) is 7.04. The van der Waals surface area contributed by atoms with E-state index >= 15 is 0 Å². The van der Waals surface area contributed by atoms with Crippen LogP contribution in [-0.2, 0) is 11.2 Å². The number of nitrogen functional groups attached to an aromatic ring is 1. The van der Waals surface area contributed by atoms with E-state index in [2.05, 4.69) is 22.2 Å². The fraction of sp³-hybridized carbons (Fsp3) is 0.714. The van der Waals surface area contributed by atoms with Crippen LogP contribution in [0.15, 0.2) is 6.07 Å². The van der Waals surface area contributed by atoms with Gasteiger partial charge in [-0.1, -0.05) is 6.92 Å². The highest BCUT2D eigenvalue weighted by atomic mass is 16.5. The molecule has 106 valence electrons. The minimum Gasteiger partial charge on any atom is -0.385 e. The molecule has 0 aromatic carbocycles.